The number of aliphatic hydroxyl groups excluding tert-OH is 1. The van der Waals surface area contributed by atoms with Crippen LogP contribution < -0.4 is 10.1 Å². The van der Waals surface area contributed by atoms with Crippen LogP contribution in [0.3, 0.4) is 0 Å². The van der Waals surface area contributed by atoms with Gasteiger partial charge in [0.1, 0.15) is 12.1 Å². The maximum Gasteiger partial charge on any atom is 0.330 e. The number of aliphatic hydroxyl groups is 1. The summed E-state index contributed by atoms with van der Waals surface area (Å²) in [4.78, 5) is 23.2. The van der Waals surface area contributed by atoms with Crippen molar-refractivity contribution in [3.8, 4) is 11.6 Å². The first kappa shape index (κ1) is 28.2. The largest absolute Gasteiger partial charge is 0.439 e. The summed E-state index contributed by atoms with van der Waals surface area (Å²) in [6, 6.07) is 13.9. The van der Waals surface area contributed by atoms with Crippen molar-refractivity contribution >= 4 is 22.6 Å². The fourth-order valence-electron chi connectivity index (χ4n) is 4.52. The summed E-state index contributed by atoms with van der Waals surface area (Å²) in [7, 11) is 0. The fraction of sp³-hybridized carbons (Fsp3) is 0.300. The molecular weight excluding hydrogens is 532 g/mol. The Hall–Kier alpha value is -4.35. The smallest absolute Gasteiger partial charge is 0.330 e. The van der Waals surface area contributed by atoms with Crippen LogP contribution in [0.2, 0.25) is 0 Å². The minimum atomic E-state index is -2.62. The van der Waals surface area contributed by atoms with Crippen molar-refractivity contribution in [3.63, 3.8) is 0 Å². The summed E-state index contributed by atoms with van der Waals surface area (Å²) in [5.74, 6) is 0.921. The van der Waals surface area contributed by atoms with E-state index >= 15 is 0 Å². The number of benzene rings is 2. The molecule has 1 aliphatic heterocycles. The zero-order valence-corrected chi connectivity index (χ0v) is 22.9. The van der Waals surface area contributed by atoms with Crippen LogP contribution in [0.15, 0.2) is 79.4 Å². The number of amides is 1. The molecule has 0 bridgehead atoms. The van der Waals surface area contributed by atoms with Crippen molar-refractivity contribution < 1.29 is 28.2 Å². The maximum atomic E-state index is 13.0. The van der Waals surface area contributed by atoms with E-state index in [4.69, 9.17) is 9.47 Å². The van der Waals surface area contributed by atoms with E-state index in [0.717, 1.165) is 17.5 Å². The third-order valence-electron chi connectivity index (χ3n) is 6.49. The van der Waals surface area contributed by atoms with Gasteiger partial charge in [0.25, 0.3) is 6.43 Å². The molecule has 0 saturated carbocycles. The zero-order chi connectivity index (χ0) is 29.1. The summed E-state index contributed by atoms with van der Waals surface area (Å²) in [6.45, 7) is 6.26. The number of carbonyl (C=O) groups excluding carboxylic acids is 1. The number of carbonyl (C=O) groups is 1. The van der Waals surface area contributed by atoms with E-state index in [9.17, 15) is 18.7 Å². The molecule has 1 amide bonds. The monoisotopic (exact) mass is 563 g/mol. The van der Waals surface area contributed by atoms with Crippen molar-refractivity contribution in [2.24, 2.45) is 0 Å². The predicted octanol–water partition coefficient (Wildman–Crippen LogP) is 6.64. The van der Waals surface area contributed by atoms with Crippen molar-refractivity contribution in [2.45, 2.75) is 51.6 Å². The fourth-order valence-corrected chi connectivity index (χ4v) is 4.52. The number of hydrogen-bond acceptors (Lipinski definition) is 7. The van der Waals surface area contributed by atoms with Gasteiger partial charge in [-0.2, -0.15) is 0 Å². The standard InChI is InChI=1S/C30H31F2N5O4/c1-30(2,3)41-29(39)36-12-9-19(10-13-36)24-17-26(34-18-33-24)40-23-7-8-25-20(16-23)11-14-37(25)28(38)35-22-6-4-5-21(15-22)27(31)32/h4-9,11-12,14-19,27,29,39H,10,13H2,1-3H3,(H,35,38). The molecule has 1 aliphatic rings. The first-order chi connectivity index (χ1) is 19.6. The molecule has 0 spiro atoms. The van der Waals surface area contributed by atoms with Crippen LogP contribution in [0.5, 0.6) is 11.6 Å². The highest BCUT2D eigenvalue weighted by Crippen LogP contribution is 2.30. The summed E-state index contributed by atoms with van der Waals surface area (Å²) < 4.78 is 39.0. The van der Waals surface area contributed by atoms with E-state index in [0.29, 0.717) is 23.7 Å². The van der Waals surface area contributed by atoms with Crippen LogP contribution in [0.25, 0.3) is 10.9 Å². The topological polar surface area (TPSA) is 102 Å². The van der Waals surface area contributed by atoms with Gasteiger partial charge in [0.05, 0.1) is 16.8 Å². The van der Waals surface area contributed by atoms with E-state index in [1.807, 2.05) is 33.0 Å². The molecule has 2 atom stereocenters. The van der Waals surface area contributed by atoms with Crippen molar-refractivity contribution in [3.05, 3.63) is 90.7 Å². The second kappa shape index (κ2) is 11.6. The molecule has 2 aromatic carbocycles. The average Bonchev–Trinajstić information content (AvgIpc) is 3.36. The molecule has 0 saturated heterocycles. The number of nitrogens with zero attached hydrogens (tertiary/aromatic N) is 4. The second-order valence-electron chi connectivity index (χ2n) is 10.7. The van der Waals surface area contributed by atoms with Crippen molar-refractivity contribution in [2.75, 3.05) is 11.9 Å². The Morgan fingerprint density at radius 1 is 1.12 bits per heavy atom. The van der Waals surface area contributed by atoms with E-state index in [1.165, 1.54) is 29.1 Å². The molecule has 4 aromatic rings. The average molecular weight is 564 g/mol. The van der Waals surface area contributed by atoms with Gasteiger partial charge in [-0.05, 0) is 63.6 Å². The molecule has 3 heterocycles. The van der Waals surface area contributed by atoms with Crippen LogP contribution in [0.4, 0.5) is 19.3 Å². The van der Waals surface area contributed by atoms with Crippen LogP contribution in [-0.2, 0) is 4.74 Å². The Labute approximate surface area is 236 Å². The van der Waals surface area contributed by atoms with E-state index in [1.54, 1.807) is 47.5 Å². The summed E-state index contributed by atoms with van der Waals surface area (Å²) in [6.07, 6.45) is 3.91. The Kier molecular flexibility index (Phi) is 8.00. The number of fused-ring (bicyclic) bond motifs is 1. The Morgan fingerprint density at radius 2 is 1.95 bits per heavy atom. The van der Waals surface area contributed by atoms with Gasteiger partial charge < -0.3 is 24.8 Å². The molecule has 214 valence electrons. The lowest BCUT2D eigenvalue weighted by atomic mass is 9.98. The molecule has 0 aliphatic carbocycles. The number of rotatable bonds is 7. The number of aromatic nitrogens is 3. The van der Waals surface area contributed by atoms with Gasteiger partial charge in [0.2, 0.25) is 12.3 Å². The van der Waals surface area contributed by atoms with E-state index < -0.39 is 24.5 Å². The predicted molar refractivity (Wildman–Crippen MR) is 150 cm³/mol. The second-order valence-corrected chi connectivity index (χ2v) is 10.7. The molecule has 2 aromatic heterocycles. The summed E-state index contributed by atoms with van der Waals surface area (Å²) in [5.41, 5.74) is 1.06. The number of halogens is 2. The quantitative estimate of drug-likeness (QED) is 0.243. The number of nitrogens with one attached hydrogen (secondary N) is 1. The Bertz CT molecular complexity index is 1570. The molecule has 5 rings (SSSR count). The minimum absolute atomic E-state index is 0.0230. The normalized spacial score (nSPS) is 16.3. The molecule has 0 fully saturated rings. The van der Waals surface area contributed by atoms with Crippen LogP contribution in [0, 0.1) is 0 Å². The molecule has 2 N–H and O–H groups in total. The van der Waals surface area contributed by atoms with Crippen LogP contribution in [0.1, 0.15) is 50.8 Å². The first-order valence-corrected chi connectivity index (χ1v) is 13.2. The highest BCUT2D eigenvalue weighted by Gasteiger charge is 2.25. The van der Waals surface area contributed by atoms with Crippen LogP contribution >= 0.6 is 0 Å². The minimum Gasteiger partial charge on any atom is -0.439 e. The van der Waals surface area contributed by atoms with Gasteiger partial charge in [0.15, 0.2) is 0 Å². The number of allylic oxidation sites excluding steroid dienone is 1. The van der Waals surface area contributed by atoms with Crippen molar-refractivity contribution in [1.82, 2.24) is 19.4 Å². The number of ether oxygens (including phenoxy) is 2. The zero-order valence-electron chi connectivity index (χ0n) is 22.9. The SMILES string of the molecule is CC(C)(C)OC(O)N1C=CC(c2cc(Oc3ccc4c(ccn4C(=O)Nc4cccc(C(F)F)c4)c3)ncn2)CC1. The van der Waals surface area contributed by atoms with Gasteiger partial charge in [-0.25, -0.2) is 23.5 Å². The van der Waals surface area contributed by atoms with Gasteiger partial charge in [-0.1, -0.05) is 18.2 Å². The van der Waals surface area contributed by atoms with Crippen molar-refractivity contribution in [1.29, 1.82) is 0 Å². The first-order valence-electron chi connectivity index (χ1n) is 13.2. The lowest BCUT2D eigenvalue weighted by Gasteiger charge is -2.34. The van der Waals surface area contributed by atoms with Gasteiger partial charge in [-0.15, -0.1) is 0 Å². The molecule has 0 radical (unpaired) electrons. The van der Waals surface area contributed by atoms with Gasteiger partial charge in [0, 0.05) is 47.6 Å². The molecule has 9 nitrogen and oxygen atoms in total. The lowest BCUT2D eigenvalue weighted by Crippen LogP contribution is -2.40. The maximum absolute atomic E-state index is 13.0. The highest BCUT2D eigenvalue weighted by atomic mass is 19.3. The lowest BCUT2D eigenvalue weighted by molar-refractivity contribution is -0.227. The number of alkyl halides is 2. The van der Waals surface area contributed by atoms with E-state index in [2.05, 4.69) is 15.3 Å². The molecule has 11 heteroatoms. The number of anilines is 1. The molecule has 41 heavy (non-hydrogen) atoms. The Balaban J connectivity index is 1.25. The van der Waals surface area contributed by atoms with Gasteiger partial charge >= 0.3 is 6.03 Å². The van der Waals surface area contributed by atoms with Gasteiger partial charge in [-0.3, -0.25) is 4.57 Å². The van der Waals surface area contributed by atoms with Crippen LogP contribution in [-0.4, -0.2) is 49.1 Å². The third-order valence-corrected chi connectivity index (χ3v) is 6.49. The Morgan fingerprint density at radius 3 is 2.68 bits per heavy atom. The molecular formula is C30H31F2N5O4. The number of hydrogen-bond donors (Lipinski definition) is 2. The highest BCUT2D eigenvalue weighted by molar-refractivity contribution is 5.98. The summed E-state index contributed by atoms with van der Waals surface area (Å²) in [5, 5.41) is 13.7. The van der Waals surface area contributed by atoms with E-state index in [-0.39, 0.29) is 17.2 Å². The third kappa shape index (κ3) is 6.87. The summed E-state index contributed by atoms with van der Waals surface area (Å²) >= 11 is 0. The molecule has 2 unspecified atom stereocenters.